The van der Waals surface area contributed by atoms with Crippen LogP contribution in [0.25, 0.3) is 11.8 Å². The molecule has 0 bridgehead atoms. The lowest BCUT2D eigenvalue weighted by Crippen LogP contribution is -1.98. The van der Waals surface area contributed by atoms with Gasteiger partial charge in [0.05, 0.1) is 5.69 Å². The maximum atomic E-state index is 3.83. The van der Waals surface area contributed by atoms with Crippen LogP contribution in [0.15, 0.2) is 31.1 Å². The molecular weight excluding hydrogens is 176 g/mol. The first-order valence-electron chi connectivity index (χ1n) is 4.27. The summed E-state index contributed by atoms with van der Waals surface area (Å²) >= 11 is 0. The molecule has 0 aliphatic heterocycles. The van der Waals surface area contributed by atoms with Crippen molar-refractivity contribution < 1.29 is 0 Å². The van der Waals surface area contributed by atoms with Gasteiger partial charge in [-0.1, -0.05) is 24.3 Å². The van der Waals surface area contributed by atoms with E-state index in [1.165, 1.54) is 5.56 Å². The first-order chi connectivity index (χ1) is 6.81. The summed E-state index contributed by atoms with van der Waals surface area (Å²) < 4.78 is 1.62. The molecule has 0 radical (unpaired) electrons. The van der Waals surface area contributed by atoms with Crippen molar-refractivity contribution in [3.05, 3.63) is 42.2 Å². The Hall–Kier alpha value is -1.97. The largest absolute Gasteiger partial charge is 0.200 e. The van der Waals surface area contributed by atoms with E-state index in [2.05, 4.69) is 22.1 Å². The standard InChI is InChI=1S/C10H10N4/c1-3-9-6-8(2)4-5-10(9)14-7-11-12-13-14/h3-7H,1H2,2H3. The lowest BCUT2D eigenvalue weighted by Gasteiger charge is -2.04. The molecule has 0 aliphatic carbocycles. The minimum absolute atomic E-state index is 0.940. The molecule has 0 fully saturated rings. The van der Waals surface area contributed by atoms with Gasteiger partial charge in [-0.05, 0) is 35.0 Å². The van der Waals surface area contributed by atoms with Gasteiger partial charge in [-0.3, -0.25) is 0 Å². The molecule has 0 aliphatic rings. The second-order valence-corrected chi connectivity index (χ2v) is 3.02. The summed E-state index contributed by atoms with van der Waals surface area (Å²) in [6, 6.07) is 6.04. The van der Waals surface area contributed by atoms with Crippen molar-refractivity contribution in [2.75, 3.05) is 0 Å². The van der Waals surface area contributed by atoms with Crippen molar-refractivity contribution in [2.45, 2.75) is 6.92 Å². The molecule has 1 aromatic heterocycles. The summed E-state index contributed by atoms with van der Waals surface area (Å²) in [5.74, 6) is 0. The minimum Gasteiger partial charge on any atom is -0.200 e. The number of aromatic nitrogens is 4. The normalized spacial score (nSPS) is 10.1. The van der Waals surface area contributed by atoms with E-state index in [9.17, 15) is 0 Å². The van der Waals surface area contributed by atoms with E-state index < -0.39 is 0 Å². The summed E-state index contributed by atoms with van der Waals surface area (Å²) in [5, 5.41) is 11.0. The average Bonchev–Trinajstić information content (AvgIpc) is 2.70. The second-order valence-electron chi connectivity index (χ2n) is 3.02. The predicted octanol–water partition coefficient (Wildman–Crippen LogP) is 1.61. The molecule has 0 amide bonds. The van der Waals surface area contributed by atoms with Crippen molar-refractivity contribution in [3.8, 4) is 5.69 Å². The van der Waals surface area contributed by atoms with Crippen LogP contribution in [-0.4, -0.2) is 20.2 Å². The highest BCUT2D eigenvalue weighted by molar-refractivity contribution is 5.59. The monoisotopic (exact) mass is 186 g/mol. The van der Waals surface area contributed by atoms with Gasteiger partial charge in [-0.25, -0.2) is 0 Å². The highest BCUT2D eigenvalue weighted by Gasteiger charge is 2.02. The smallest absolute Gasteiger partial charge is 0.143 e. The lowest BCUT2D eigenvalue weighted by atomic mass is 10.1. The molecule has 0 spiro atoms. The molecular formula is C10H10N4. The van der Waals surface area contributed by atoms with Crippen LogP contribution >= 0.6 is 0 Å². The number of nitrogens with zero attached hydrogens (tertiary/aromatic N) is 4. The highest BCUT2D eigenvalue weighted by atomic mass is 15.5. The summed E-state index contributed by atoms with van der Waals surface area (Å²) in [5.41, 5.74) is 3.16. The number of aryl methyl sites for hydroxylation is 1. The Morgan fingerprint density at radius 1 is 1.43 bits per heavy atom. The van der Waals surface area contributed by atoms with Gasteiger partial charge in [-0.15, -0.1) is 5.10 Å². The van der Waals surface area contributed by atoms with E-state index in [-0.39, 0.29) is 0 Å². The van der Waals surface area contributed by atoms with Crippen LogP contribution in [0.5, 0.6) is 0 Å². The third-order valence-corrected chi connectivity index (χ3v) is 2.00. The van der Waals surface area contributed by atoms with E-state index in [0.717, 1.165) is 11.3 Å². The summed E-state index contributed by atoms with van der Waals surface area (Å²) in [6.07, 6.45) is 3.36. The van der Waals surface area contributed by atoms with E-state index in [1.54, 1.807) is 17.1 Å². The highest BCUT2D eigenvalue weighted by Crippen LogP contribution is 2.15. The van der Waals surface area contributed by atoms with Crippen molar-refractivity contribution in [1.82, 2.24) is 20.2 Å². The van der Waals surface area contributed by atoms with Crippen molar-refractivity contribution in [2.24, 2.45) is 0 Å². The van der Waals surface area contributed by atoms with Gasteiger partial charge >= 0.3 is 0 Å². The topological polar surface area (TPSA) is 43.6 Å². The van der Waals surface area contributed by atoms with E-state index in [0.29, 0.717) is 0 Å². The third kappa shape index (κ3) is 1.42. The zero-order chi connectivity index (χ0) is 9.97. The average molecular weight is 186 g/mol. The van der Waals surface area contributed by atoms with E-state index in [1.807, 2.05) is 25.1 Å². The molecule has 14 heavy (non-hydrogen) atoms. The second kappa shape index (κ2) is 3.41. The molecule has 4 nitrogen and oxygen atoms in total. The van der Waals surface area contributed by atoms with Crippen molar-refractivity contribution >= 4 is 6.08 Å². The summed E-state index contributed by atoms with van der Waals surface area (Å²) in [6.45, 7) is 5.80. The van der Waals surface area contributed by atoms with E-state index in [4.69, 9.17) is 0 Å². The Bertz CT molecular complexity index is 445. The van der Waals surface area contributed by atoms with Gasteiger partial charge in [0.25, 0.3) is 0 Å². The number of hydrogen-bond acceptors (Lipinski definition) is 3. The quantitative estimate of drug-likeness (QED) is 0.715. The SMILES string of the molecule is C=Cc1cc(C)ccc1-n1cnnn1. The fourth-order valence-electron chi connectivity index (χ4n) is 1.32. The molecule has 0 unspecified atom stereocenters. The van der Waals surface area contributed by atoms with Crippen LogP contribution in [0.2, 0.25) is 0 Å². The fourth-order valence-corrected chi connectivity index (χ4v) is 1.32. The first kappa shape index (κ1) is 8.62. The molecule has 1 aromatic carbocycles. The molecule has 4 heteroatoms. The Morgan fingerprint density at radius 3 is 2.93 bits per heavy atom. The van der Waals surface area contributed by atoms with Gasteiger partial charge in [0, 0.05) is 0 Å². The molecule has 2 rings (SSSR count). The Labute approximate surface area is 81.9 Å². The number of rotatable bonds is 2. The Morgan fingerprint density at radius 2 is 2.29 bits per heavy atom. The number of hydrogen-bond donors (Lipinski definition) is 0. The van der Waals surface area contributed by atoms with Crippen LogP contribution in [0, 0.1) is 6.92 Å². The minimum atomic E-state index is 0.940. The summed E-state index contributed by atoms with van der Waals surface area (Å²) in [4.78, 5) is 0. The zero-order valence-corrected chi connectivity index (χ0v) is 7.88. The predicted molar refractivity (Wildman–Crippen MR) is 54.0 cm³/mol. The number of benzene rings is 1. The molecule has 0 N–H and O–H groups in total. The molecule has 0 saturated carbocycles. The maximum Gasteiger partial charge on any atom is 0.143 e. The van der Waals surface area contributed by atoms with Crippen LogP contribution in [0.4, 0.5) is 0 Å². The molecule has 0 saturated heterocycles. The van der Waals surface area contributed by atoms with Gasteiger partial charge in [0.1, 0.15) is 6.33 Å². The zero-order valence-electron chi connectivity index (χ0n) is 7.88. The van der Waals surface area contributed by atoms with Crippen molar-refractivity contribution in [1.29, 1.82) is 0 Å². The van der Waals surface area contributed by atoms with Gasteiger partial charge in [0.15, 0.2) is 0 Å². The van der Waals surface area contributed by atoms with Gasteiger partial charge < -0.3 is 0 Å². The van der Waals surface area contributed by atoms with E-state index >= 15 is 0 Å². The molecule has 1 heterocycles. The molecule has 2 aromatic rings. The first-order valence-corrected chi connectivity index (χ1v) is 4.27. The summed E-state index contributed by atoms with van der Waals surface area (Å²) in [7, 11) is 0. The molecule has 70 valence electrons. The van der Waals surface area contributed by atoms with Gasteiger partial charge in [-0.2, -0.15) is 4.68 Å². The van der Waals surface area contributed by atoms with Gasteiger partial charge in [0.2, 0.25) is 0 Å². The lowest BCUT2D eigenvalue weighted by molar-refractivity contribution is 0.788. The number of tetrazole rings is 1. The molecule has 0 atom stereocenters. The maximum absolute atomic E-state index is 3.83. The van der Waals surface area contributed by atoms with Crippen LogP contribution in [0.1, 0.15) is 11.1 Å². The van der Waals surface area contributed by atoms with Crippen LogP contribution in [-0.2, 0) is 0 Å². The van der Waals surface area contributed by atoms with Crippen LogP contribution in [0.3, 0.4) is 0 Å². The Balaban J connectivity index is 2.58. The fraction of sp³-hybridized carbons (Fsp3) is 0.100. The van der Waals surface area contributed by atoms with Crippen molar-refractivity contribution in [3.63, 3.8) is 0 Å². The van der Waals surface area contributed by atoms with Crippen LogP contribution < -0.4 is 0 Å². The Kier molecular flexibility index (Phi) is 2.10. The third-order valence-electron chi connectivity index (χ3n) is 2.00.